The van der Waals surface area contributed by atoms with Crippen molar-refractivity contribution in [3.8, 4) is 17.3 Å². The molecule has 1 saturated carbocycles. The van der Waals surface area contributed by atoms with Crippen LogP contribution in [0.5, 0.6) is 0 Å². The molecule has 9 nitrogen and oxygen atoms in total. The predicted molar refractivity (Wildman–Crippen MR) is 134 cm³/mol. The minimum Gasteiger partial charge on any atom is -0.444 e. The third kappa shape index (κ3) is 5.18. The number of hydrogen-bond donors (Lipinski definition) is 2. The summed E-state index contributed by atoms with van der Waals surface area (Å²) in [7, 11) is 0. The fraction of sp³-hybridized carbons (Fsp3) is 0.333. The first-order chi connectivity index (χ1) is 17.5. The summed E-state index contributed by atoms with van der Waals surface area (Å²) in [6.07, 6.45) is 0.530. The molecule has 4 aromatic rings. The number of rotatable bonds is 6. The Labute approximate surface area is 213 Å². The van der Waals surface area contributed by atoms with Gasteiger partial charge in [-0.3, -0.25) is 4.79 Å². The molecule has 1 aliphatic carbocycles. The SMILES string of the molecule is Cc1noc(-c2cc3cc(F)ccc3n2-c2ccc(CNC(=O)C3(NC(=O)OC(C)(C)C)CC3)cc2)n1. The molecule has 0 atom stereocenters. The normalized spacial score (nSPS) is 14.4. The second kappa shape index (κ2) is 9.02. The standard InChI is InChI=1S/C27H28FN5O4/c1-16-30-23(37-32-16)22-14-18-13-19(28)7-10-21(18)33(22)20-8-5-17(6-9-20)15-29-24(34)27(11-12-27)31-25(35)36-26(2,3)4/h5-10,13-14H,11-12,15H2,1-4H3,(H,29,34)(H,31,35). The van der Waals surface area contributed by atoms with Gasteiger partial charge < -0.3 is 24.5 Å². The zero-order valence-corrected chi connectivity index (χ0v) is 21.1. The van der Waals surface area contributed by atoms with Crippen molar-refractivity contribution in [2.75, 3.05) is 0 Å². The number of nitrogens with one attached hydrogen (secondary N) is 2. The summed E-state index contributed by atoms with van der Waals surface area (Å²) in [5.41, 5.74) is 1.57. The second-order valence-electron chi connectivity index (χ2n) is 10.3. The van der Waals surface area contributed by atoms with Crippen LogP contribution in [-0.4, -0.2) is 37.8 Å². The minimum absolute atomic E-state index is 0.241. The lowest BCUT2D eigenvalue weighted by molar-refractivity contribution is -0.124. The van der Waals surface area contributed by atoms with Gasteiger partial charge in [-0.1, -0.05) is 17.3 Å². The second-order valence-corrected chi connectivity index (χ2v) is 10.3. The van der Waals surface area contributed by atoms with Crippen molar-refractivity contribution in [1.29, 1.82) is 0 Å². The number of carbonyl (C=O) groups excluding carboxylic acids is 2. The van der Waals surface area contributed by atoms with E-state index in [0.717, 1.165) is 16.8 Å². The van der Waals surface area contributed by atoms with E-state index < -0.39 is 17.2 Å². The van der Waals surface area contributed by atoms with Gasteiger partial charge >= 0.3 is 6.09 Å². The number of ether oxygens (including phenoxy) is 1. The molecular weight excluding hydrogens is 477 g/mol. The van der Waals surface area contributed by atoms with Crippen molar-refractivity contribution >= 4 is 22.9 Å². The molecule has 2 heterocycles. The number of nitrogens with zero attached hydrogens (tertiary/aromatic N) is 3. The van der Waals surface area contributed by atoms with E-state index in [1.807, 2.05) is 34.9 Å². The Bertz CT molecular complexity index is 1480. The Morgan fingerprint density at radius 3 is 2.49 bits per heavy atom. The van der Waals surface area contributed by atoms with Crippen molar-refractivity contribution in [2.24, 2.45) is 0 Å². The average Bonchev–Trinajstić information content (AvgIpc) is 3.31. The van der Waals surface area contributed by atoms with Crippen LogP contribution in [0.1, 0.15) is 45.0 Å². The first-order valence-electron chi connectivity index (χ1n) is 12.0. The van der Waals surface area contributed by atoms with Crippen molar-refractivity contribution in [2.45, 2.75) is 58.2 Å². The maximum atomic E-state index is 13.9. The molecule has 5 rings (SSSR count). The third-order valence-corrected chi connectivity index (χ3v) is 6.08. The summed E-state index contributed by atoms with van der Waals surface area (Å²) in [6, 6.07) is 14.0. The molecular formula is C27H28FN5O4. The molecule has 2 N–H and O–H groups in total. The molecule has 2 amide bonds. The molecule has 0 aliphatic heterocycles. The van der Waals surface area contributed by atoms with Gasteiger partial charge in [0, 0.05) is 17.6 Å². The molecule has 0 unspecified atom stereocenters. The summed E-state index contributed by atoms with van der Waals surface area (Å²) in [5, 5.41) is 10.2. The Morgan fingerprint density at radius 1 is 1.14 bits per heavy atom. The molecule has 2 aromatic heterocycles. The van der Waals surface area contributed by atoms with Crippen LogP contribution in [0.25, 0.3) is 28.2 Å². The van der Waals surface area contributed by atoms with Gasteiger partial charge in [-0.15, -0.1) is 0 Å². The monoisotopic (exact) mass is 505 g/mol. The van der Waals surface area contributed by atoms with E-state index in [9.17, 15) is 14.0 Å². The van der Waals surface area contributed by atoms with Crippen LogP contribution in [0.15, 0.2) is 53.1 Å². The fourth-order valence-electron chi connectivity index (χ4n) is 4.17. The summed E-state index contributed by atoms with van der Waals surface area (Å²) in [5.74, 6) is 0.254. The highest BCUT2D eigenvalue weighted by Gasteiger charge is 2.51. The van der Waals surface area contributed by atoms with Crippen LogP contribution in [0.4, 0.5) is 9.18 Å². The number of amides is 2. The van der Waals surface area contributed by atoms with E-state index in [4.69, 9.17) is 9.26 Å². The molecule has 0 radical (unpaired) electrons. The van der Waals surface area contributed by atoms with Gasteiger partial charge in [-0.25, -0.2) is 9.18 Å². The van der Waals surface area contributed by atoms with Gasteiger partial charge in [0.2, 0.25) is 5.91 Å². The number of benzene rings is 2. The van der Waals surface area contributed by atoms with Gasteiger partial charge in [0.1, 0.15) is 22.7 Å². The lowest BCUT2D eigenvalue weighted by Crippen LogP contribution is -2.50. The number of aromatic nitrogens is 3. The summed E-state index contributed by atoms with van der Waals surface area (Å²) >= 11 is 0. The Hall–Kier alpha value is -4.21. The lowest BCUT2D eigenvalue weighted by Gasteiger charge is -2.23. The smallest absolute Gasteiger partial charge is 0.408 e. The maximum Gasteiger partial charge on any atom is 0.408 e. The maximum absolute atomic E-state index is 13.9. The molecule has 2 aromatic carbocycles. The third-order valence-electron chi connectivity index (χ3n) is 6.08. The van der Waals surface area contributed by atoms with E-state index in [1.165, 1.54) is 12.1 Å². The molecule has 192 valence electrons. The number of fused-ring (bicyclic) bond motifs is 1. The van der Waals surface area contributed by atoms with E-state index in [-0.39, 0.29) is 11.7 Å². The largest absolute Gasteiger partial charge is 0.444 e. The van der Waals surface area contributed by atoms with E-state index in [0.29, 0.717) is 42.2 Å². The number of carbonyl (C=O) groups is 2. The molecule has 10 heteroatoms. The van der Waals surface area contributed by atoms with Crippen molar-refractivity contribution in [3.63, 3.8) is 0 Å². The quantitative estimate of drug-likeness (QED) is 0.389. The van der Waals surface area contributed by atoms with Crippen LogP contribution < -0.4 is 10.6 Å². The Kier molecular flexibility index (Phi) is 5.97. The van der Waals surface area contributed by atoms with Gasteiger partial charge in [0.05, 0.1) is 5.52 Å². The average molecular weight is 506 g/mol. The van der Waals surface area contributed by atoms with Gasteiger partial charge in [0.15, 0.2) is 5.82 Å². The Morgan fingerprint density at radius 2 is 1.86 bits per heavy atom. The summed E-state index contributed by atoms with van der Waals surface area (Å²) in [6.45, 7) is 7.35. The summed E-state index contributed by atoms with van der Waals surface area (Å²) < 4.78 is 26.5. The highest BCUT2D eigenvalue weighted by molar-refractivity contribution is 5.93. The molecule has 37 heavy (non-hydrogen) atoms. The van der Waals surface area contributed by atoms with Crippen LogP contribution in [0.3, 0.4) is 0 Å². The van der Waals surface area contributed by atoms with Gasteiger partial charge in [0.25, 0.3) is 5.89 Å². The van der Waals surface area contributed by atoms with Crippen molar-refractivity contribution < 1.29 is 23.2 Å². The summed E-state index contributed by atoms with van der Waals surface area (Å²) in [4.78, 5) is 29.3. The first-order valence-corrected chi connectivity index (χ1v) is 12.0. The van der Waals surface area contributed by atoms with Gasteiger partial charge in [-0.2, -0.15) is 4.98 Å². The molecule has 1 aliphatic rings. The number of hydrogen-bond acceptors (Lipinski definition) is 6. The van der Waals surface area contributed by atoms with Crippen LogP contribution in [0.2, 0.25) is 0 Å². The highest BCUT2D eigenvalue weighted by atomic mass is 19.1. The van der Waals surface area contributed by atoms with Gasteiger partial charge in [-0.05, 0) is 82.5 Å². The van der Waals surface area contributed by atoms with E-state index in [1.54, 1.807) is 33.8 Å². The van der Waals surface area contributed by atoms with Crippen molar-refractivity contribution in [3.05, 3.63) is 65.7 Å². The Balaban J connectivity index is 1.32. The fourth-order valence-corrected chi connectivity index (χ4v) is 4.17. The number of aryl methyl sites for hydroxylation is 1. The van der Waals surface area contributed by atoms with Crippen LogP contribution in [0, 0.1) is 12.7 Å². The van der Waals surface area contributed by atoms with Crippen molar-refractivity contribution in [1.82, 2.24) is 25.3 Å². The highest BCUT2D eigenvalue weighted by Crippen LogP contribution is 2.36. The van der Waals surface area contributed by atoms with Crippen LogP contribution in [-0.2, 0) is 16.1 Å². The lowest BCUT2D eigenvalue weighted by atomic mass is 10.1. The first kappa shape index (κ1) is 24.5. The topological polar surface area (TPSA) is 111 Å². The zero-order chi connectivity index (χ0) is 26.4. The molecule has 0 spiro atoms. The van der Waals surface area contributed by atoms with E-state index in [2.05, 4.69) is 20.8 Å². The molecule has 0 saturated heterocycles. The molecule has 0 bridgehead atoms. The zero-order valence-electron chi connectivity index (χ0n) is 21.1. The van der Waals surface area contributed by atoms with Crippen LogP contribution >= 0.6 is 0 Å². The van der Waals surface area contributed by atoms with E-state index >= 15 is 0 Å². The minimum atomic E-state index is -0.918. The predicted octanol–water partition coefficient (Wildman–Crippen LogP) is 4.80. The molecule has 1 fully saturated rings. The number of alkyl carbamates (subject to hydrolysis) is 1. The number of halogens is 1.